The first-order valence-corrected chi connectivity index (χ1v) is 22.6. The molecule has 0 bridgehead atoms. The van der Waals surface area contributed by atoms with Crippen molar-refractivity contribution >= 4 is 71.3 Å². The summed E-state index contributed by atoms with van der Waals surface area (Å²) in [7, 11) is 0. The summed E-state index contributed by atoms with van der Waals surface area (Å²) in [6, 6.07) is 82.5. The van der Waals surface area contributed by atoms with E-state index < -0.39 is 0 Å². The Morgan fingerprint density at radius 3 is 1.83 bits per heavy atom. The Morgan fingerprint density at radius 1 is 0.338 bits per heavy atom. The Labute approximate surface area is 378 Å². The van der Waals surface area contributed by atoms with Crippen LogP contribution < -0.4 is 4.90 Å². The average Bonchev–Trinajstić information content (AvgIpc) is 3.84. The van der Waals surface area contributed by atoms with Crippen LogP contribution in [-0.4, -0.2) is 0 Å². The van der Waals surface area contributed by atoms with Crippen molar-refractivity contribution in [2.45, 2.75) is 19.3 Å². The Morgan fingerprint density at radius 2 is 0.969 bits per heavy atom. The average molecular weight is 830 g/mol. The van der Waals surface area contributed by atoms with Gasteiger partial charge in [0.25, 0.3) is 0 Å². The van der Waals surface area contributed by atoms with E-state index in [9.17, 15) is 0 Å². The molecule has 306 valence electrons. The van der Waals surface area contributed by atoms with E-state index in [4.69, 9.17) is 4.42 Å². The van der Waals surface area contributed by atoms with Gasteiger partial charge in [0.05, 0.1) is 5.69 Å². The Hall–Kier alpha value is -8.20. The van der Waals surface area contributed by atoms with Crippen molar-refractivity contribution in [3.8, 4) is 44.5 Å². The molecule has 13 rings (SSSR count). The van der Waals surface area contributed by atoms with E-state index in [1.165, 1.54) is 71.3 Å². The molecule has 1 aliphatic carbocycles. The molecule has 0 amide bonds. The molecule has 1 aromatic heterocycles. The quantitative estimate of drug-likeness (QED) is 0.155. The van der Waals surface area contributed by atoms with Gasteiger partial charge in [0, 0.05) is 33.1 Å². The fourth-order valence-electron chi connectivity index (χ4n) is 10.8. The summed E-state index contributed by atoms with van der Waals surface area (Å²) in [5.41, 5.74) is 17.2. The first-order chi connectivity index (χ1) is 32.0. The van der Waals surface area contributed by atoms with Crippen molar-refractivity contribution in [3.05, 3.63) is 236 Å². The Bertz CT molecular complexity index is 3870. The topological polar surface area (TPSA) is 16.4 Å². The number of hydrogen-bond acceptors (Lipinski definition) is 2. The van der Waals surface area contributed by atoms with E-state index in [2.05, 4.69) is 237 Å². The Kier molecular flexibility index (Phi) is 8.29. The number of anilines is 3. The number of hydrogen-bond donors (Lipinski definition) is 0. The van der Waals surface area contributed by atoms with Gasteiger partial charge in [-0.1, -0.05) is 178 Å². The van der Waals surface area contributed by atoms with Crippen LogP contribution in [0.15, 0.2) is 229 Å². The van der Waals surface area contributed by atoms with Crippen LogP contribution in [0, 0.1) is 0 Å². The maximum Gasteiger partial charge on any atom is 0.136 e. The molecular formula is C63H43NO. The monoisotopic (exact) mass is 829 g/mol. The van der Waals surface area contributed by atoms with E-state index in [0.29, 0.717) is 0 Å². The van der Waals surface area contributed by atoms with Gasteiger partial charge in [-0.2, -0.15) is 0 Å². The normalized spacial score (nSPS) is 12.9. The molecule has 0 radical (unpaired) electrons. The molecule has 0 saturated carbocycles. The standard InChI is InChI=1S/C63H43NO/c1-63(2)57-23-11-9-20-52(57)53-35-33-47(39-58(53)63)64(46-31-28-41(29-32-46)43-27-26-40-14-3-4-15-42(40)36-43)59-24-13-22-49(45-30-34-55-54-21-10-12-25-60(54)65-61(55)38-45)62(59)56-37-44-16-5-6-17-48(44)50-18-7-8-19-51(50)56/h3-39H,1-2H3. The summed E-state index contributed by atoms with van der Waals surface area (Å²) in [4.78, 5) is 2.49. The fourth-order valence-corrected chi connectivity index (χ4v) is 10.8. The van der Waals surface area contributed by atoms with E-state index in [-0.39, 0.29) is 5.41 Å². The molecule has 2 heteroatoms. The van der Waals surface area contributed by atoms with Gasteiger partial charge in [0.15, 0.2) is 0 Å². The van der Waals surface area contributed by atoms with Crippen molar-refractivity contribution in [3.63, 3.8) is 0 Å². The molecular weight excluding hydrogens is 787 g/mol. The molecule has 1 heterocycles. The SMILES string of the molecule is CC1(C)c2ccccc2-c2ccc(N(c3ccc(-c4ccc5ccccc5c4)cc3)c3cccc(-c4ccc5c(c4)oc4ccccc45)c3-c3cc4ccccc4c4ccccc34)cc21. The van der Waals surface area contributed by atoms with Crippen LogP contribution >= 0.6 is 0 Å². The van der Waals surface area contributed by atoms with Crippen LogP contribution in [0.1, 0.15) is 25.0 Å². The summed E-state index contributed by atoms with van der Waals surface area (Å²) >= 11 is 0. The molecule has 11 aromatic carbocycles. The lowest BCUT2D eigenvalue weighted by molar-refractivity contribution is 0.660. The largest absolute Gasteiger partial charge is 0.456 e. The van der Waals surface area contributed by atoms with E-state index >= 15 is 0 Å². The predicted molar refractivity (Wildman–Crippen MR) is 275 cm³/mol. The number of rotatable bonds is 6. The van der Waals surface area contributed by atoms with Gasteiger partial charge >= 0.3 is 0 Å². The number of fused-ring (bicyclic) bond motifs is 10. The molecule has 0 fully saturated rings. The van der Waals surface area contributed by atoms with Gasteiger partial charge in [-0.05, 0) is 143 Å². The third-order valence-corrected chi connectivity index (χ3v) is 14.0. The predicted octanol–water partition coefficient (Wildman–Crippen LogP) is 17.8. The Balaban J connectivity index is 1.09. The van der Waals surface area contributed by atoms with Crippen LogP contribution in [0.4, 0.5) is 17.1 Å². The highest BCUT2D eigenvalue weighted by Gasteiger charge is 2.36. The molecule has 12 aromatic rings. The minimum atomic E-state index is -0.172. The lowest BCUT2D eigenvalue weighted by atomic mass is 9.82. The number of benzene rings is 11. The highest BCUT2D eigenvalue weighted by Crippen LogP contribution is 2.53. The highest BCUT2D eigenvalue weighted by molar-refractivity contribution is 6.17. The smallest absolute Gasteiger partial charge is 0.136 e. The third kappa shape index (κ3) is 5.88. The molecule has 1 aliphatic rings. The second-order valence-electron chi connectivity index (χ2n) is 18.0. The summed E-state index contributed by atoms with van der Waals surface area (Å²) in [5, 5.41) is 9.63. The zero-order chi connectivity index (χ0) is 43.2. The molecule has 0 saturated heterocycles. The van der Waals surface area contributed by atoms with Crippen LogP contribution in [-0.2, 0) is 5.41 Å². The first-order valence-electron chi connectivity index (χ1n) is 22.6. The molecule has 0 unspecified atom stereocenters. The van der Waals surface area contributed by atoms with Crippen LogP contribution in [0.25, 0.3) is 98.8 Å². The summed E-state index contributed by atoms with van der Waals surface area (Å²) in [6.07, 6.45) is 0. The van der Waals surface area contributed by atoms with Crippen molar-refractivity contribution in [1.29, 1.82) is 0 Å². The number of para-hydroxylation sites is 1. The third-order valence-electron chi connectivity index (χ3n) is 14.0. The number of nitrogens with zero attached hydrogens (tertiary/aromatic N) is 1. The fraction of sp³-hybridized carbons (Fsp3) is 0.0476. The van der Waals surface area contributed by atoms with Crippen LogP contribution in [0.2, 0.25) is 0 Å². The van der Waals surface area contributed by atoms with E-state index in [1.54, 1.807) is 0 Å². The van der Waals surface area contributed by atoms with Gasteiger partial charge < -0.3 is 9.32 Å². The molecule has 0 atom stereocenters. The minimum Gasteiger partial charge on any atom is -0.456 e. The number of furan rings is 1. The lowest BCUT2D eigenvalue weighted by Crippen LogP contribution is -2.17. The summed E-state index contributed by atoms with van der Waals surface area (Å²) in [5.74, 6) is 0. The first kappa shape index (κ1) is 37.4. The van der Waals surface area contributed by atoms with Crippen molar-refractivity contribution in [1.82, 2.24) is 0 Å². The maximum absolute atomic E-state index is 6.55. The van der Waals surface area contributed by atoms with Crippen molar-refractivity contribution in [2.75, 3.05) is 4.90 Å². The lowest BCUT2D eigenvalue weighted by Gasteiger charge is -2.31. The van der Waals surface area contributed by atoms with Crippen LogP contribution in [0.3, 0.4) is 0 Å². The minimum absolute atomic E-state index is 0.172. The zero-order valence-corrected chi connectivity index (χ0v) is 36.2. The zero-order valence-electron chi connectivity index (χ0n) is 36.2. The van der Waals surface area contributed by atoms with Gasteiger partial charge in [0.2, 0.25) is 0 Å². The summed E-state index contributed by atoms with van der Waals surface area (Å²) < 4.78 is 6.55. The van der Waals surface area contributed by atoms with Crippen molar-refractivity contribution < 1.29 is 4.42 Å². The highest BCUT2D eigenvalue weighted by atomic mass is 16.3. The van der Waals surface area contributed by atoms with Crippen molar-refractivity contribution in [2.24, 2.45) is 0 Å². The van der Waals surface area contributed by atoms with Gasteiger partial charge in [-0.3, -0.25) is 0 Å². The molecule has 2 nitrogen and oxygen atoms in total. The molecule has 65 heavy (non-hydrogen) atoms. The van der Waals surface area contributed by atoms with E-state index in [1.807, 2.05) is 6.07 Å². The van der Waals surface area contributed by atoms with Gasteiger partial charge in [0.1, 0.15) is 11.2 Å². The second-order valence-corrected chi connectivity index (χ2v) is 18.0. The molecule has 0 N–H and O–H groups in total. The maximum atomic E-state index is 6.55. The second kappa shape index (κ2) is 14.4. The van der Waals surface area contributed by atoms with Gasteiger partial charge in [-0.25, -0.2) is 0 Å². The van der Waals surface area contributed by atoms with E-state index in [0.717, 1.165) is 55.7 Å². The molecule has 0 aliphatic heterocycles. The summed E-state index contributed by atoms with van der Waals surface area (Å²) in [6.45, 7) is 4.73. The van der Waals surface area contributed by atoms with Gasteiger partial charge in [-0.15, -0.1) is 0 Å². The molecule has 0 spiro atoms. The van der Waals surface area contributed by atoms with Crippen LogP contribution in [0.5, 0.6) is 0 Å².